The van der Waals surface area contributed by atoms with E-state index in [0.717, 1.165) is 25.2 Å². The number of aryl methyl sites for hydroxylation is 1. The lowest BCUT2D eigenvalue weighted by Gasteiger charge is -2.04. The van der Waals surface area contributed by atoms with Gasteiger partial charge < -0.3 is 5.32 Å². The number of nitrogens with zero attached hydrogens (tertiary/aromatic N) is 2. The van der Waals surface area contributed by atoms with Crippen molar-refractivity contribution in [1.82, 2.24) is 15.1 Å². The van der Waals surface area contributed by atoms with Crippen molar-refractivity contribution in [3.8, 4) is 0 Å². The summed E-state index contributed by atoms with van der Waals surface area (Å²) in [7, 11) is -2.82. The number of sulfone groups is 1. The van der Waals surface area contributed by atoms with Gasteiger partial charge >= 0.3 is 0 Å². The highest BCUT2D eigenvalue weighted by atomic mass is 32.2. The number of hydrogen-bond acceptors (Lipinski definition) is 4. The zero-order chi connectivity index (χ0) is 12.0. The molecule has 0 saturated heterocycles. The van der Waals surface area contributed by atoms with Crippen LogP contribution in [0.15, 0.2) is 12.4 Å². The summed E-state index contributed by atoms with van der Waals surface area (Å²) in [6.45, 7) is 4.36. The van der Waals surface area contributed by atoms with Gasteiger partial charge in [0.15, 0.2) is 0 Å². The summed E-state index contributed by atoms with van der Waals surface area (Å²) in [4.78, 5) is 0. The summed E-state index contributed by atoms with van der Waals surface area (Å²) in [5, 5.41) is 7.34. The van der Waals surface area contributed by atoms with Crippen LogP contribution >= 0.6 is 0 Å². The second-order valence-corrected chi connectivity index (χ2v) is 6.27. The Morgan fingerprint density at radius 2 is 2.19 bits per heavy atom. The number of hydrogen-bond donors (Lipinski definition) is 1. The first-order chi connectivity index (χ1) is 7.47. The molecule has 1 aromatic rings. The highest BCUT2D eigenvalue weighted by Gasteiger charge is 2.00. The maximum atomic E-state index is 10.8. The molecule has 1 N–H and O–H groups in total. The minimum Gasteiger partial charge on any atom is -0.315 e. The molecule has 0 saturated carbocycles. The van der Waals surface area contributed by atoms with Crippen LogP contribution in [0.4, 0.5) is 0 Å². The summed E-state index contributed by atoms with van der Waals surface area (Å²) in [6.07, 6.45) is 5.73. The third kappa shape index (κ3) is 5.87. The molecule has 0 amide bonds. The summed E-state index contributed by atoms with van der Waals surface area (Å²) >= 11 is 0. The van der Waals surface area contributed by atoms with Crippen molar-refractivity contribution in [3.05, 3.63) is 18.0 Å². The van der Waals surface area contributed by atoms with Gasteiger partial charge in [-0.3, -0.25) is 4.68 Å². The molecule has 0 bridgehead atoms. The molecule has 0 aliphatic carbocycles. The van der Waals surface area contributed by atoms with E-state index in [-0.39, 0.29) is 5.75 Å². The van der Waals surface area contributed by atoms with Gasteiger partial charge in [0.25, 0.3) is 0 Å². The standard InChI is InChI=1S/C10H19N3O2S/c1-10-8-12-13(9-10)6-5-11-4-3-7-16(2,14)15/h8-9,11H,3-7H2,1-2H3. The Morgan fingerprint density at radius 3 is 2.75 bits per heavy atom. The molecule has 0 radical (unpaired) electrons. The molecule has 6 heteroatoms. The smallest absolute Gasteiger partial charge is 0.147 e. The highest BCUT2D eigenvalue weighted by molar-refractivity contribution is 7.90. The number of rotatable bonds is 7. The van der Waals surface area contributed by atoms with Crippen molar-refractivity contribution in [3.63, 3.8) is 0 Å². The predicted octanol–water partition coefficient (Wildman–Crippen LogP) is 0.216. The van der Waals surface area contributed by atoms with Gasteiger partial charge in [0.1, 0.15) is 9.84 Å². The van der Waals surface area contributed by atoms with Crippen LogP contribution < -0.4 is 5.32 Å². The first-order valence-electron chi connectivity index (χ1n) is 5.35. The second kappa shape index (κ2) is 6.00. The van der Waals surface area contributed by atoms with Crippen molar-refractivity contribution in [1.29, 1.82) is 0 Å². The van der Waals surface area contributed by atoms with Gasteiger partial charge in [-0.15, -0.1) is 0 Å². The summed E-state index contributed by atoms with van der Waals surface area (Å²) in [6, 6.07) is 0. The lowest BCUT2D eigenvalue weighted by Crippen LogP contribution is -2.22. The summed E-state index contributed by atoms with van der Waals surface area (Å²) < 4.78 is 23.6. The van der Waals surface area contributed by atoms with Gasteiger partial charge in [-0.1, -0.05) is 0 Å². The molecule has 0 atom stereocenters. The SMILES string of the molecule is Cc1cnn(CCNCCCS(C)(=O)=O)c1. The van der Waals surface area contributed by atoms with E-state index >= 15 is 0 Å². The third-order valence-electron chi connectivity index (χ3n) is 2.15. The largest absolute Gasteiger partial charge is 0.315 e. The molecule has 1 aromatic heterocycles. The second-order valence-electron chi connectivity index (χ2n) is 4.01. The van der Waals surface area contributed by atoms with Gasteiger partial charge in [0.2, 0.25) is 0 Å². The molecule has 0 fully saturated rings. The fourth-order valence-electron chi connectivity index (χ4n) is 1.37. The van der Waals surface area contributed by atoms with E-state index in [1.54, 1.807) is 0 Å². The zero-order valence-corrected chi connectivity index (χ0v) is 10.6. The van der Waals surface area contributed by atoms with Crippen LogP contribution in [0, 0.1) is 6.92 Å². The minimum absolute atomic E-state index is 0.251. The maximum absolute atomic E-state index is 10.8. The normalized spacial score (nSPS) is 11.9. The molecular weight excluding hydrogens is 226 g/mol. The number of nitrogens with one attached hydrogen (secondary N) is 1. The fourth-order valence-corrected chi connectivity index (χ4v) is 2.04. The van der Waals surface area contributed by atoms with E-state index in [1.807, 2.05) is 24.0 Å². The van der Waals surface area contributed by atoms with Crippen molar-refractivity contribution < 1.29 is 8.42 Å². The fraction of sp³-hybridized carbons (Fsp3) is 0.700. The number of aromatic nitrogens is 2. The van der Waals surface area contributed by atoms with Crippen molar-refractivity contribution in [2.24, 2.45) is 0 Å². The third-order valence-corrected chi connectivity index (χ3v) is 3.18. The Morgan fingerprint density at radius 1 is 1.44 bits per heavy atom. The first kappa shape index (κ1) is 13.2. The van der Waals surface area contributed by atoms with E-state index in [2.05, 4.69) is 10.4 Å². The van der Waals surface area contributed by atoms with E-state index in [4.69, 9.17) is 0 Å². The quantitative estimate of drug-likeness (QED) is 0.698. The Bertz CT molecular complexity index is 411. The van der Waals surface area contributed by atoms with Gasteiger partial charge in [0, 0.05) is 19.0 Å². The van der Waals surface area contributed by atoms with Crippen LogP contribution in [0.2, 0.25) is 0 Å². The molecule has 0 aromatic carbocycles. The Hall–Kier alpha value is -0.880. The Balaban J connectivity index is 2.04. The average molecular weight is 245 g/mol. The first-order valence-corrected chi connectivity index (χ1v) is 7.41. The van der Waals surface area contributed by atoms with Gasteiger partial charge in [0.05, 0.1) is 18.5 Å². The minimum atomic E-state index is -2.82. The maximum Gasteiger partial charge on any atom is 0.147 e. The lowest BCUT2D eigenvalue weighted by molar-refractivity contribution is 0.550. The molecule has 5 nitrogen and oxygen atoms in total. The van der Waals surface area contributed by atoms with Gasteiger partial charge in [-0.25, -0.2) is 8.42 Å². The van der Waals surface area contributed by atoms with Crippen molar-refractivity contribution >= 4 is 9.84 Å². The van der Waals surface area contributed by atoms with Crippen LogP contribution in [-0.2, 0) is 16.4 Å². The van der Waals surface area contributed by atoms with E-state index in [9.17, 15) is 8.42 Å². The molecule has 92 valence electrons. The van der Waals surface area contributed by atoms with Crippen molar-refractivity contribution in [2.75, 3.05) is 25.1 Å². The molecular formula is C10H19N3O2S. The molecule has 1 rings (SSSR count). The molecule has 0 aliphatic heterocycles. The monoisotopic (exact) mass is 245 g/mol. The Kier molecular flexibility index (Phi) is 4.95. The molecule has 0 unspecified atom stereocenters. The van der Waals surface area contributed by atoms with Crippen LogP contribution in [0.3, 0.4) is 0 Å². The van der Waals surface area contributed by atoms with Gasteiger partial charge in [-0.2, -0.15) is 5.10 Å². The van der Waals surface area contributed by atoms with E-state index in [1.165, 1.54) is 6.26 Å². The van der Waals surface area contributed by atoms with Gasteiger partial charge in [-0.05, 0) is 25.5 Å². The van der Waals surface area contributed by atoms with Crippen LogP contribution in [0.25, 0.3) is 0 Å². The molecule has 0 spiro atoms. The van der Waals surface area contributed by atoms with Crippen LogP contribution in [0.5, 0.6) is 0 Å². The predicted molar refractivity (Wildman–Crippen MR) is 64.2 cm³/mol. The van der Waals surface area contributed by atoms with Crippen molar-refractivity contribution in [2.45, 2.75) is 19.9 Å². The van der Waals surface area contributed by atoms with Crippen LogP contribution in [-0.4, -0.2) is 43.3 Å². The zero-order valence-electron chi connectivity index (χ0n) is 9.81. The molecule has 1 heterocycles. The Labute approximate surface area is 96.8 Å². The molecule has 16 heavy (non-hydrogen) atoms. The van der Waals surface area contributed by atoms with E-state index in [0.29, 0.717) is 6.42 Å². The van der Waals surface area contributed by atoms with Crippen LogP contribution in [0.1, 0.15) is 12.0 Å². The summed E-state index contributed by atoms with van der Waals surface area (Å²) in [5.74, 6) is 0.251. The molecule has 0 aliphatic rings. The lowest BCUT2D eigenvalue weighted by atomic mass is 10.4. The summed E-state index contributed by atoms with van der Waals surface area (Å²) in [5.41, 5.74) is 1.15. The highest BCUT2D eigenvalue weighted by Crippen LogP contribution is 1.93. The average Bonchev–Trinajstić information content (AvgIpc) is 2.56. The van der Waals surface area contributed by atoms with E-state index < -0.39 is 9.84 Å². The topological polar surface area (TPSA) is 64.0 Å².